The molecule has 2 aromatic rings. The third-order valence-electron chi connectivity index (χ3n) is 16.5. The van der Waals surface area contributed by atoms with Crippen molar-refractivity contribution < 1.29 is 78.3 Å². The molecule has 8 unspecified atom stereocenters. The van der Waals surface area contributed by atoms with E-state index in [0.29, 0.717) is 0 Å². The Morgan fingerprint density at radius 2 is 0.943 bits per heavy atom. The van der Waals surface area contributed by atoms with Crippen molar-refractivity contribution in [3.63, 3.8) is 0 Å². The number of halogens is 8. The minimum absolute atomic E-state index is 0.00337. The van der Waals surface area contributed by atoms with E-state index in [1.807, 2.05) is 0 Å². The van der Waals surface area contributed by atoms with Gasteiger partial charge in [-0.3, -0.25) is 73.5 Å². The molecule has 5 rings (SSSR count). The van der Waals surface area contributed by atoms with Crippen molar-refractivity contribution in [2.24, 2.45) is 112 Å². The Morgan fingerprint density at radius 1 is 0.509 bits per heavy atom. The Bertz CT molecular complexity index is 3540. The van der Waals surface area contributed by atoms with Gasteiger partial charge in [-0.25, -0.2) is 35.1 Å². The lowest BCUT2D eigenvalue weighted by Crippen LogP contribution is -2.55. The van der Waals surface area contributed by atoms with Crippen LogP contribution in [-0.2, 0) is 43.2 Å². The molecular formula is C64H97F8N23O9S2. The number of amidine groups is 1. The second-order valence-electron chi connectivity index (χ2n) is 25.1. The number of rotatable bonds is 38. The highest BCUT2D eigenvalue weighted by molar-refractivity contribution is 7.99. The number of hydrogen-bond acceptors (Lipinski definition) is 18. The van der Waals surface area contributed by atoms with Gasteiger partial charge >= 0.3 is 0 Å². The third-order valence-corrected chi connectivity index (χ3v) is 18.8. The molecule has 0 saturated heterocycles. The summed E-state index contributed by atoms with van der Waals surface area (Å²) in [5, 5.41) is 22.8. The fraction of sp³-hybridized carbons (Fsp3) is 0.578. The molecule has 42 heteroatoms. The van der Waals surface area contributed by atoms with E-state index in [-0.39, 0.29) is 176 Å². The largest absolute Gasteiger partial charge is 0.388 e. The van der Waals surface area contributed by atoms with Crippen molar-refractivity contribution >= 4 is 112 Å². The van der Waals surface area contributed by atoms with Crippen LogP contribution in [0.4, 0.5) is 35.1 Å². The van der Waals surface area contributed by atoms with E-state index >= 15 is 44.7 Å². The van der Waals surface area contributed by atoms with E-state index in [4.69, 9.17) is 68.5 Å². The molecule has 0 aliphatic carbocycles. The van der Waals surface area contributed by atoms with Gasteiger partial charge in [-0.2, -0.15) is 0 Å². The summed E-state index contributed by atoms with van der Waals surface area (Å²) in [6.45, 7) is 2.18. The predicted molar refractivity (Wildman–Crippen MR) is 386 cm³/mol. The molecule has 0 radical (unpaired) electrons. The van der Waals surface area contributed by atoms with E-state index in [0.717, 1.165) is 0 Å². The second-order valence-corrected chi connectivity index (χ2v) is 27.1. The molecule has 32 nitrogen and oxygen atoms in total. The minimum Gasteiger partial charge on any atom is -0.388 e. The summed E-state index contributed by atoms with van der Waals surface area (Å²) in [6.07, 6.45) is -3.67. The number of carbonyl (C=O) groups is 9. The van der Waals surface area contributed by atoms with Crippen molar-refractivity contribution in [2.45, 2.75) is 163 Å². The Hall–Kier alpha value is -9.61. The molecule has 29 N–H and O–H groups in total. The molecule has 0 fully saturated rings. The van der Waals surface area contributed by atoms with Crippen molar-refractivity contribution in [1.82, 2.24) is 31.9 Å². The lowest BCUT2D eigenvalue weighted by molar-refractivity contribution is -0.136. The number of benzene rings is 2. The summed E-state index contributed by atoms with van der Waals surface area (Å²) < 4.78 is 131. The lowest BCUT2D eigenvalue weighted by Gasteiger charge is -2.27. The van der Waals surface area contributed by atoms with Crippen LogP contribution in [0, 0.1) is 75.6 Å². The summed E-state index contributed by atoms with van der Waals surface area (Å²) >= 11 is -0.267. The number of nitrogens with zero attached hydrogens (tertiary/aromatic N) is 5. The first-order valence-electron chi connectivity index (χ1n) is 33.8. The molecule has 590 valence electrons. The van der Waals surface area contributed by atoms with Crippen LogP contribution in [0.5, 0.6) is 0 Å². The van der Waals surface area contributed by atoms with Crippen LogP contribution in [0.15, 0.2) is 34.8 Å². The van der Waals surface area contributed by atoms with Gasteiger partial charge in [0, 0.05) is 93.6 Å². The molecule has 106 heavy (non-hydrogen) atoms. The van der Waals surface area contributed by atoms with E-state index in [1.165, 1.54) is 7.05 Å². The third kappa shape index (κ3) is 30.1. The number of ketones is 4. The number of Topliss-reactive ketones (excluding diaryl/α,β-unsaturated/α-hetero) is 4. The highest BCUT2D eigenvalue weighted by atomic mass is 32.2. The van der Waals surface area contributed by atoms with Crippen molar-refractivity contribution in [3.05, 3.63) is 46.5 Å². The molecule has 3 aliphatic heterocycles. The number of aliphatic imine (C=N–C) groups is 5. The number of amides is 5. The van der Waals surface area contributed by atoms with Crippen molar-refractivity contribution in [3.8, 4) is 11.1 Å². The topological polar surface area (TPSA) is 598 Å². The molecular weight excluding hydrogens is 1450 g/mol. The maximum atomic E-state index is 16.6. The molecule has 0 saturated carbocycles. The van der Waals surface area contributed by atoms with Crippen LogP contribution in [0.2, 0.25) is 0 Å². The molecule has 5 amide bonds. The standard InChI is InChI=1S/C64H97F8N23O9S2/c1-29(2)41(99)26-91-55(100)30(11-6-18-86-60(75)76)23-38(96)33(15-9-21-89-63(81)82)92-56(101)32(13-8-20-88-62(79)80)25-40(98)36-27-105-53-49(69)45(65)43(46(66)50(53)70)44-47(67)51(71)54(52(72)48(44)68)106-28-37(85-3)59(104)94-35(14-4-5-17-42(73)74)58(103)93-34(16-10-22-90-64(83)84)39(97)24-31(57(102)95-36)12-7-19-87-61(77)78/h29-37,85H,4-28H2,1-3H3,(H3,73,74)(H,91,100)(H,92,101)(H,93,103)(H,94,104)(H,95,102)(H4,75,76,86)(H4,77,78,87)(H4,79,80,88)(H4,81,82,89)(H4,83,84,90). The van der Waals surface area contributed by atoms with Crippen molar-refractivity contribution in [1.29, 1.82) is 5.41 Å². The van der Waals surface area contributed by atoms with Gasteiger partial charge in [-0.15, -0.1) is 23.5 Å². The van der Waals surface area contributed by atoms with Crippen LogP contribution >= 0.6 is 23.5 Å². The summed E-state index contributed by atoms with van der Waals surface area (Å²) in [4.78, 5) is 146. The minimum atomic E-state index is -2.62. The smallest absolute Gasteiger partial charge is 0.243 e. The fourth-order valence-electron chi connectivity index (χ4n) is 10.7. The van der Waals surface area contributed by atoms with E-state index in [1.54, 1.807) is 13.8 Å². The number of hydrogen-bond donors (Lipinski definition) is 18. The van der Waals surface area contributed by atoms with Gasteiger partial charge in [0.15, 0.2) is 99.5 Å². The SMILES string of the molecule is CNC1CSc2c(F)c(F)c(c(F)c2F)-c2c(F)c(F)c(c(F)c2F)SCC(C(=O)CC(CCCN=C(N)N)C(=O)NC(CCCN=C(N)N)C(=O)CC(CCCN=C(N)N)C(=O)NCC(=O)C(C)C)NC(=O)C(CCCN=C(N)N)CC(=O)C(CCCN=C(N)N)NC(=O)C(CCCCC(=N)N)NC1=O. The second kappa shape index (κ2) is 45.7. The Balaban J connectivity index is 2.43. The Morgan fingerprint density at radius 3 is 1.41 bits per heavy atom. The van der Waals surface area contributed by atoms with Gasteiger partial charge in [-0.1, -0.05) is 20.3 Å². The first-order valence-corrected chi connectivity index (χ1v) is 35.7. The number of thioether (sulfide) groups is 2. The van der Waals surface area contributed by atoms with Crippen LogP contribution in [0.1, 0.15) is 123 Å². The summed E-state index contributed by atoms with van der Waals surface area (Å²) in [5.74, 6) is -37.0. The highest BCUT2D eigenvalue weighted by Crippen LogP contribution is 2.42. The highest BCUT2D eigenvalue weighted by Gasteiger charge is 2.39. The van der Waals surface area contributed by atoms with Gasteiger partial charge in [0.2, 0.25) is 29.5 Å². The predicted octanol–water partition coefficient (Wildman–Crippen LogP) is 0.0233. The van der Waals surface area contributed by atoms with Crippen LogP contribution in [0.25, 0.3) is 11.1 Å². The molecule has 3 heterocycles. The van der Waals surface area contributed by atoms with E-state index in [9.17, 15) is 33.6 Å². The van der Waals surface area contributed by atoms with Gasteiger partial charge in [0.25, 0.3) is 0 Å². The first-order chi connectivity index (χ1) is 49.9. The maximum Gasteiger partial charge on any atom is 0.243 e. The number of nitrogens with two attached hydrogens (primary N) is 11. The average molecular weight is 1550 g/mol. The van der Waals surface area contributed by atoms with Gasteiger partial charge < -0.3 is 95.0 Å². The van der Waals surface area contributed by atoms with Gasteiger partial charge in [0.1, 0.15) is 6.04 Å². The number of guanidine groups is 5. The number of unbranched alkanes of at least 4 members (excludes halogenated alkanes) is 1. The number of carbonyl (C=O) groups excluding carboxylic acids is 9. The lowest BCUT2D eigenvalue weighted by atomic mass is 9.89. The Kier molecular flexibility index (Phi) is 39.0. The average Bonchev–Trinajstić information content (AvgIpc) is 0.751. The zero-order valence-electron chi connectivity index (χ0n) is 59.0. The van der Waals surface area contributed by atoms with Gasteiger partial charge in [0.05, 0.1) is 57.5 Å². The quantitative estimate of drug-likeness (QED) is 0.0139. The number of likely N-dealkylation sites (N-methyl/N-ethyl adjacent to an activating group) is 1. The molecule has 8 atom stereocenters. The maximum absolute atomic E-state index is 16.6. The van der Waals surface area contributed by atoms with Crippen LogP contribution in [0.3, 0.4) is 0 Å². The van der Waals surface area contributed by atoms with E-state index < -0.39 is 217 Å². The fourth-order valence-corrected chi connectivity index (χ4v) is 12.9. The van der Waals surface area contributed by atoms with Crippen molar-refractivity contribution in [2.75, 3.05) is 57.8 Å². The van der Waals surface area contributed by atoms with Crippen LogP contribution in [-0.4, -0.2) is 176 Å². The van der Waals surface area contributed by atoms with E-state index in [2.05, 4.69) is 56.9 Å². The zero-order valence-corrected chi connectivity index (χ0v) is 60.6. The van der Waals surface area contributed by atoms with Crippen LogP contribution < -0.4 is 95.0 Å². The molecule has 3 aliphatic rings. The monoisotopic (exact) mass is 1550 g/mol. The molecule has 0 spiro atoms. The number of fused-ring (bicyclic) bond motifs is 2. The molecule has 2 aromatic carbocycles. The molecule has 4 bridgehead atoms. The Labute approximate surface area is 615 Å². The summed E-state index contributed by atoms with van der Waals surface area (Å²) in [5.41, 5.74) is 56.6. The summed E-state index contributed by atoms with van der Waals surface area (Å²) in [7, 11) is 1.18. The first kappa shape index (κ1) is 90.6. The normalized spacial score (nSPS) is 17.6. The zero-order chi connectivity index (χ0) is 79.7. The molecule has 0 aromatic heterocycles. The summed E-state index contributed by atoms with van der Waals surface area (Å²) in [6, 6.07) is -8.42. The van der Waals surface area contributed by atoms with Gasteiger partial charge in [-0.05, 0) is 84.1 Å². The number of nitrogens with one attached hydrogen (secondary N) is 7.